The highest BCUT2D eigenvalue weighted by Gasteiger charge is 2.22. The van der Waals surface area contributed by atoms with E-state index in [1.165, 1.54) is 5.56 Å². The molecular formula is C22H22ClN3O. The fourth-order valence-corrected chi connectivity index (χ4v) is 3.80. The third-order valence-electron chi connectivity index (χ3n) is 5.11. The van der Waals surface area contributed by atoms with E-state index in [4.69, 9.17) is 11.6 Å². The summed E-state index contributed by atoms with van der Waals surface area (Å²) in [5.41, 5.74) is 3.25. The van der Waals surface area contributed by atoms with Gasteiger partial charge < -0.3 is 4.90 Å². The van der Waals surface area contributed by atoms with Gasteiger partial charge >= 0.3 is 0 Å². The predicted octanol–water partition coefficient (Wildman–Crippen LogP) is 4.12. The lowest BCUT2D eigenvalue weighted by molar-refractivity contribution is -0.130. The monoisotopic (exact) mass is 379 g/mol. The van der Waals surface area contributed by atoms with Crippen molar-refractivity contribution in [3.05, 3.63) is 76.9 Å². The number of hydrogen-bond donors (Lipinski definition) is 0. The molecule has 0 saturated carbocycles. The smallest absolute Gasteiger partial charge is 0.224 e. The first-order valence-electron chi connectivity index (χ1n) is 9.27. The van der Waals surface area contributed by atoms with Gasteiger partial charge in [0, 0.05) is 55.8 Å². The average molecular weight is 380 g/mol. The second kappa shape index (κ2) is 8.07. The Bertz CT molecular complexity index is 954. The fraction of sp³-hybridized carbons (Fsp3) is 0.273. The van der Waals surface area contributed by atoms with Crippen LogP contribution in [-0.2, 0) is 17.9 Å². The summed E-state index contributed by atoms with van der Waals surface area (Å²) < 4.78 is 0. The van der Waals surface area contributed by atoms with Crippen LogP contribution in [0.3, 0.4) is 0 Å². The summed E-state index contributed by atoms with van der Waals surface area (Å²) in [6.45, 7) is 3.70. The normalized spacial score (nSPS) is 15.9. The van der Waals surface area contributed by atoms with Crippen LogP contribution in [0.25, 0.3) is 10.9 Å². The minimum atomic E-state index is 0.188. The molecule has 2 aromatic carbocycles. The highest BCUT2D eigenvalue weighted by molar-refractivity contribution is 6.31. The Labute approximate surface area is 164 Å². The maximum Gasteiger partial charge on any atom is 0.224 e. The summed E-state index contributed by atoms with van der Waals surface area (Å²) in [7, 11) is 0. The van der Waals surface area contributed by atoms with Crippen molar-refractivity contribution in [2.45, 2.75) is 19.5 Å². The number of benzene rings is 2. The number of carbonyl (C=O) groups excluding carboxylic acids is 1. The topological polar surface area (TPSA) is 36.4 Å². The van der Waals surface area contributed by atoms with E-state index in [2.05, 4.69) is 34.1 Å². The molecule has 4 nitrogen and oxygen atoms in total. The molecule has 138 valence electrons. The Balaban J connectivity index is 1.46. The Morgan fingerprint density at radius 3 is 2.59 bits per heavy atom. The number of para-hydroxylation sites is 1. The molecule has 1 aliphatic rings. The zero-order valence-corrected chi connectivity index (χ0v) is 15.9. The lowest BCUT2D eigenvalue weighted by Crippen LogP contribution is -2.32. The number of fused-ring (bicyclic) bond motifs is 1. The van der Waals surface area contributed by atoms with Gasteiger partial charge in [0.15, 0.2) is 0 Å². The van der Waals surface area contributed by atoms with Gasteiger partial charge in [0.2, 0.25) is 5.91 Å². The maximum absolute atomic E-state index is 12.6. The lowest BCUT2D eigenvalue weighted by atomic mass is 10.1. The molecule has 1 saturated heterocycles. The third kappa shape index (κ3) is 4.12. The number of rotatable bonds is 4. The lowest BCUT2D eigenvalue weighted by Gasteiger charge is -2.23. The third-order valence-corrected chi connectivity index (χ3v) is 5.48. The predicted molar refractivity (Wildman–Crippen MR) is 109 cm³/mol. The van der Waals surface area contributed by atoms with Crippen LogP contribution >= 0.6 is 11.6 Å². The van der Waals surface area contributed by atoms with Gasteiger partial charge in [0.1, 0.15) is 0 Å². The van der Waals surface area contributed by atoms with Crippen molar-refractivity contribution in [3.63, 3.8) is 0 Å². The SMILES string of the molecule is O=C1CCN(Cc2cccc3cccnc23)CCN1Cc1ccccc1Cl. The van der Waals surface area contributed by atoms with Crippen molar-refractivity contribution in [2.24, 2.45) is 0 Å². The fourth-order valence-electron chi connectivity index (χ4n) is 3.60. The molecule has 2 heterocycles. The van der Waals surface area contributed by atoms with Crippen molar-refractivity contribution in [1.82, 2.24) is 14.8 Å². The molecule has 0 spiro atoms. The number of aromatic nitrogens is 1. The van der Waals surface area contributed by atoms with Gasteiger partial charge in [-0.05, 0) is 23.3 Å². The Hall–Kier alpha value is -2.43. The van der Waals surface area contributed by atoms with Gasteiger partial charge in [0.05, 0.1) is 5.52 Å². The molecule has 0 unspecified atom stereocenters. The minimum absolute atomic E-state index is 0.188. The van der Waals surface area contributed by atoms with Crippen LogP contribution in [0, 0.1) is 0 Å². The summed E-state index contributed by atoms with van der Waals surface area (Å²) >= 11 is 6.27. The van der Waals surface area contributed by atoms with E-state index in [0.29, 0.717) is 24.5 Å². The second-order valence-corrected chi connectivity index (χ2v) is 7.33. The second-order valence-electron chi connectivity index (χ2n) is 6.93. The molecular weight excluding hydrogens is 358 g/mol. The first-order chi connectivity index (χ1) is 13.2. The molecule has 0 radical (unpaired) electrons. The highest BCUT2D eigenvalue weighted by Crippen LogP contribution is 2.21. The molecule has 0 bridgehead atoms. The molecule has 1 fully saturated rings. The van der Waals surface area contributed by atoms with E-state index in [1.807, 2.05) is 41.4 Å². The van der Waals surface area contributed by atoms with Gasteiger partial charge in [-0.15, -0.1) is 0 Å². The Morgan fingerprint density at radius 1 is 0.889 bits per heavy atom. The quantitative estimate of drug-likeness (QED) is 0.684. The Kier molecular flexibility index (Phi) is 5.37. The number of pyridine rings is 1. The van der Waals surface area contributed by atoms with Crippen LogP contribution in [0.1, 0.15) is 17.5 Å². The zero-order chi connectivity index (χ0) is 18.6. The maximum atomic E-state index is 12.6. The standard InChI is InChI=1S/C22H22ClN3O/c23-20-9-2-1-5-18(20)16-26-14-13-25(12-10-21(26)27)15-19-7-3-6-17-8-4-11-24-22(17)19/h1-9,11H,10,12-16H2. The summed E-state index contributed by atoms with van der Waals surface area (Å²) in [5, 5.41) is 1.87. The molecule has 0 N–H and O–H groups in total. The van der Waals surface area contributed by atoms with Crippen LogP contribution in [-0.4, -0.2) is 40.3 Å². The summed E-state index contributed by atoms with van der Waals surface area (Å²) in [6.07, 6.45) is 2.37. The molecule has 1 amide bonds. The summed E-state index contributed by atoms with van der Waals surface area (Å²) in [6, 6.07) is 18.1. The van der Waals surface area contributed by atoms with Crippen molar-refractivity contribution >= 4 is 28.4 Å². The van der Waals surface area contributed by atoms with E-state index in [-0.39, 0.29) is 5.91 Å². The van der Waals surface area contributed by atoms with Gasteiger partial charge in [0.25, 0.3) is 0 Å². The summed E-state index contributed by atoms with van der Waals surface area (Å²) in [5.74, 6) is 0.188. The van der Waals surface area contributed by atoms with Gasteiger partial charge in [-0.3, -0.25) is 14.7 Å². The number of carbonyl (C=O) groups is 1. The van der Waals surface area contributed by atoms with Crippen molar-refractivity contribution in [3.8, 4) is 0 Å². The van der Waals surface area contributed by atoms with Crippen molar-refractivity contribution < 1.29 is 4.79 Å². The Morgan fingerprint density at radius 2 is 1.70 bits per heavy atom. The van der Waals surface area contributed by atoms with Crippen LogP contribution < -0.4 is 0 Å². The molecule has 4 rings (SSSR count). The van der Waals surface area contributed by atoms with Crippen LogP contribution in [0.5, 0.6) is 0 Å². The van der Waals surface area contributed by atoms with Crippen LogP contribution in [0.2, 0.25) is 5.02 Å². The molecule has 27 heavy (non-hydrogen) atoms. The molecule has 1 aliphatic heterocycles. The van der Waals surface area contributed by atoms with Crippen molar-refractivity contribution in [2.75, 3.05) is 19.6 Å². The van der Waals surface area contributed by atoms with Gasteiger partial charge in [-0.2, -0.15) is 0 Å². The average Bonchev–Trinajstić information content (AvgIpc) is 2.86. The number of hydrogen-bond acceptors (Lipinski definition) is 3. The number of amides is 1. The van der Waals surface area contributed by atoms with E-state index in [9.17, 15) is 4.79 Å². The van der Waals surface area contributed by atoms with Crippen molar-refractivity contribution in [1.29, 1.82) is 0 Å². The van der Waals surface area contributed by atoms with E-state index in [0.717, 1.165) is 36.1 Å². The summed E-state index contributed by atoms with van der Waals surface area (Å²) in [4.78, 5) is 21.4. The van der Waals surface area contributed by atoms with E-state index >= 15 is 0 Å². The van der Waals surface area contributed by atoms with Crippen LogP contribution in [0.15, 0.2) is 60.8 Å². The largest absolute Gasteiger partial charge is 0.337 e. The number of nitrogens with zero attached hydrogens (tertiary/aromatic N) is 3. The molecule has 1 aromatic heterocycles. The van der Waals surface area contributed by atoms with Gasteiger partial charge in [-0.25, -0.2) is 0 Å². The molecule has 3 aromatic rings. The molecule has 5 heteroatoms. The van der Waals surface area contributed by atoms with Crippen LogP contribution in [0.4, 0.5) is 0 Å². The number of halogens is 1. The molecule has 0 atom stereocenters. The first kappa shape index (κ1) is 18.0. The zero-order valence-electron chi connectivity index (χ0n) is 15.1. The van der Waals surface area contributed by atoms with E-state index in [1.54, 1.807) is 0 Å². The highest BCUT2D eigenvalue weighted by atomic mass is 35.5. The van der Waals surface area contributed by atoms with E-state index < -0.39 is 0 Å². The first-order valence-corrected chi connectivity index (χ1v) is 9.64. The minimum Gasteiger partial charge on any atom is -0.337 e. The molecule has 0 aliphatic carbocycles. The van der Waals surface area contributed by atoms with Gasteiger partial charge in [-0.1, -0.05) is 54.1 Å².